The molecule has 0 radical (unpaired) electrons. The molecule has 3 nitrogen and oxygen atoms in total. The average molecular weight is 241 g/mol. The highest BCUT2D eigenvalue weighted by Gasteiger charge is 2.38. The van der Waals surface area contributed by atoms with Gasteiger partial charge in [-0.1, -0.05) is 11.6 Å². The number of nitrogens with zero attached hydrogens (tertiary/aromatic N) is 2. The lowest BCUT2D eigenvalue weighted by Gasteiger charge is -2.05. The van der Waals surface area contributed by atoms with Crippen molar-refractivity contribution in [2.24, 2.45) is 7.05 Å². The van der Waals surface area contributed by atoms with Gasteiger partial charge in [0.2, 0.25) is 5.78 Å². The highest BCUT2D eigenvalue weighted by Crippen LogP contribution is 2.24. The van der Waals surface area contributed by atoms with Crippen molar-refractivity contribution in [1.82, 2.24) is 9.78 Å². The molecule has 0 atom stereocenters. The molecule has 0 fully saturated rings. The zero-order chi connectivity index (χ0) is 11.8. The summed E-state index contributed by atoms with van der Waals surface area (Å²) < 4.78 is 37.1. The summed E-state index contributed by atoms with van der Waals surface area (Å²) in [6, 6.07) is 0. The van der Waals surface area contributed by atoms with E-state index in [4.69, 9.17) is 11.6 Å². The molecule has 1 aromatic rings. The van der Waals surface area contributed by atoms with Crippen LogP contribution >= 0.6 is 11.6 Å². The van der Waals surface area contributed by atoms with Gasteiger partial charge in [-0.2, -0.15) is 18.3 Å². The smallest absolute Gasteiger partial charge is 0.289 e. The predicted molar refractivity (Wildman–Crippen MR) is 47.7 cm³/mol. The number of hydrogen-bond acceptors (Lipinski definition) is 2. The fourth-order valence-corrected chi connectivity index (χ4v) is 1.35. The highest BCUT2D eigenvalue weighted by molar-refractivity contribution is 6.32. The Balaban J connectivity index is 2.95. The van der Waals surface area contributed by atoms with Crippen LogP contribution in [0.3, 0.4) is 0 Å². The van der Waals surface area contributed by atoms with E-state index in [0.29, 0.717) is 5.69 Å². The topological polar surface area (TPSA) is 34.9 Å². The van der Waals surface area contributed by atoms with Crippen LogP contribution in [-0.2, 0) is 18.3 Å². The zero-order valence-electron chi connectivity index (χ0n) is 8.02. The largest absolute Gasteiger partial charge is 0.450 e. The summed E-state index contributed by atoms with van der Waals surface area (Å²) >= 11 is 5.71. The highest BCUT2D eigenvalue weighted by atomic mass is 35.5. The minimum Gasteiger partial charge on any atom is -0.289 e. The maximum atomic E-state index is 12.0. The maximum absolute atomic E-state index is 12.0. The molecule has 0 amide bonds. The van der Waals surface area contributed by atoms with Gasteiger partial charge in [-0.05, 0) is 6.92 Å². The number of aromatic nitrogens is 2. The molecule has 0 N–H and O–H groups in total. The third kappa shape index (κ3) is 2.50. The zero-order valence-corrected chi connectivity index (χ0v) is 8.78. The lowest BCUT2D eigenvalue weighted by atomic mass is 10.2. The Kier molecular flexibility index (Phi) is 3.08. The molecule has 0 aliphatic heterocycles. The molecule has 0 aromatic carbocycles. The second kappa shape index (κ2) is 3.84. The molecule has 1 aromatic heterocycles. The molecule has 0 spiro atoms. The minimum atomic E-state index is -4.83. The van der Waals surface area contributed by atoms with E-state index >= 15 is 0 Å². The first-order valence-corrected chi connectivity index (χ1v) is 4.39. The molecule has 7 heteroatoms. The Labute approximate surface area is 88.8 Å². The van der Waals surface area contributed by atoms with Gasteiger partial charge in [0, 0.05) is 7.05 Å². The average Bonchev–Trinajstić information content (AvgIpc) is 2.30. The molecule has 84 valence electrons. The molecule has 0 aliphatic rings. The van der Waals surface area contributed by atoms with Crippen LogP contribution in [0.4, 0.5) is 13.2 Å². The number of carbonyl (C=O) groups is 1. The van der Waals surface area contributed by atoms with E-state index in [-0.39, 0.29) is 10.7 Å². The van der Waals surface area contributed by atoms with Gasteiger partial charge >= 0.3 is 6.18 Å². The number of aryl methyl sites for hydroxylation is 2. The standard InChI is InChI=1S/C8H8ClF3N2O/c1-4-7(9)5(14(2)13-4)3-6(15)8(10,11)12/h3H2,1-2H3. The van der Waals surface area contributed by atoms with Crippen LogP contribution in [0.5, 0.6) is 0 Å². The third-order valence-electron chi connectivity index (χ3n) is 1.91. The van der Waals surface area contributed by atoms with E-state index in [1.54, 1.807) is 6.92 Å². The Morgan fingerprint density at radius 3 is 2.40 bits per heavy atom. The number of alkyl halides is 3. The molecule has 1 rings (SSSR count). The summed E-state index contributed by atoms with van der Waals surface area (Å²) in [4.78, 5) is 10.7. The number of ketones is 1. The van der Waals surface area contributed by atoms with Crippen molar-refractivity contribution in [2.75, 3.05) is 0 Å². The Morgan fingerprint density at radius 1 is 1.53 bits per heavy atom. The van der Waals surface area contributed by atoms with Crippen molar-refractivity contribution in [3.05, 3.63) is 16.4 Å². The van der Waals surface area contributed by atoms with Crippen LogP contribution in [0.2, 0.25) is 5.02 Å². The van der Waals surface area contributed by atoms with Crippen molar-refractivity contribution in [3.63, 3.8) is 0 Å². The van der Waals surface area contributed by atoms with Gasteiger partial charge in [-0.3, -0.25) is 9.48 Å². The van der Waals surface area contributed by atoms with Gasteiger partial charge in [0.1, 0.15) is 0 Å². The van der Waals surface area contributed by atoms with Crippen LogP contribution in [-0.4, -0.2) is 21.7 Å². The second-order valence-electron chi connectivity index (χ2n) is 3.07. The van der Waals surface area contributed by atoms with Crippen molar-refractivity contribution in [3.8, 4) is 0 Å². The van der Waals surface area contributed by atoms with Gasteiger partial charge in [0.05, 0.1) is 22.8 Å². The number of carbonyl (C=O) groups excluding carboxylic acids is 1. The predicted octanol–water partition coefficient (Wildman–Crippen LogP) is 2.06. The summed E-state index contributed by atoms with van der Waals surface area (Å²) in [7, 11) is 1.44. The van der Waals surface area contributed by atoms with Crippen LogP contribution in [0.1, 0.15) is 11.4 Å². The van der Waals surface area contributed by atoms with E-state index in [0.717, 1.165) is 0 Å². The fraction of sp³-hybridized carbons (Fsp3) is 0.500. The van der Waals surface area contributed by atoms with Crippen molar-refractivity contribution in [2.45, 2.75) is 19.5 Å². The van der Waals surface area contributed by atoms with Crippen molar-refractivity contribution in [1.29, 1.82) is 0 Å². The van der Waals surface area contributed by atoms with Crippen LogP contribution in [0.25, 0.3) is 0 Å². The maximum Gasteiger partial charge on any atom is 0.450 e. The second-order valence-corrected chi connectivity index (χ2v) is 3.45. The van der Waals surface area contributed by atoms with Gasteiger partial charge in [0.15, 0.2) is 0 Å². The van der Waals surface area contributed by atoms with E-state index in [1.165, 1.54) is 11.7 Å². The van der Waals surface area contributed by atoms with Gasteiger partial charge < -0.3 is 0 Å². The molecule has 0 bridgehead atoms. The fourth-order valence-electron chi connectivity index (χ4n) is 1.12. The third-order valence-corrected chi connectivity index (χ3v) is 2.40. The van der Waals surface area contributed by atoms with Crippen LogP contribution < -0.4 is 0 Å². The number of halogens is 4. The lowest BCUT2D eigenvalue weighted by molar-refractivity contribution is -0.170. The van der Waals surface area contributed by atoms with E-state index in [1.807, 2.05) is 0 Å². The van der Waals surface area contributed by atoms with E-state index in [9.17, 15) is 18.0 Å². The number of hydrogen-bond donors (Lipinski definition) is 0. The Bertz CT molecular complexity index is 397. The summed E-state index contributed by atoms with van der Waals surface area (Å²) in [6.45, 7) is 1.56. The Morgan fingerprint density at radius 2 is 2.07 bits per heavy atom. The number of Topliss-reactive ketones (excluding diaryl/α,β-unsaturated/α-hetero) is 1. The van der Waals surface area contributed by atoms with Gasteiger partial charge in [-0.25, -0.2) is 0 Å². The normalized spacial score (nSPS) is 11.9. The summed E-state index contributed by atoms with van der Waals surface area (Å²) in [5.74, 6) is -1.83. The molecule has 0 unspecified atom stereocenters. The molecule has 0 saturated carbocycles. The SMILES string of the molecule is Cc1nn(C)c(CC(=O)C(F)(F)F)c1Cl. The van der Waals surface area contributed by atoms with Crippen molar-refractivity contribution < 1.29 is 18.0 Å². The number of rotatable bonds is 2. The monoisotopic (exact) mass is 240 g/mol. The first-order valence-electron chi connectivity index (χ1n) is 4.01. The van der Waals surface area contributed by atoms with Crippen LogP contribution in [0.15, 0.2) is 0 Å². The van der Waals surface area contributed by atoms with Gasteiger partial charge in [0.25, 0.3) is 0 Å². The van der Waals surface area contributed by atoms with E-state index in [2.05, 4.69) is 5.10 Å². The van der Waals surface area contributed by atoms with Crippen molar-refractivity contribution >= 4 is 17.4 Å². The quantitative estimate of drug-likeness (QED) is 0.793. The molecular weight excluding hydrogens is 233 g/mol. The summed E-state index contributed by atoms with van der Waals surface area (Å²) in [6.07, 6.45) is -5.61. The molecule has 15 heavy (non-hydrogen) atoms. The summed E-state index contributed by atoms with van der Waals surface area (Å²) in [5, 5.41) is 3.92. The molecule has 0 aliphatic carbocycles. The van der Waals surface area contributed by atoms with E-state index < -0.39 is 18.4 Å². The molecule has 1 heterocycles. The Hall–Kier alpha value is -1.04. The minimum absolute atomic E-state index is 0.0801. The lowest BCUT2D eigenvalue weighted by Crippen LogP contribution is -2.25. The molecular formula is C8H8ClF3N2O. The first kappa shape index (κ1) is 12.0. The first-order chi connectivity index (χ1) is 6.73. The van der Waals surface area contributed by atoms with Crippen LogP contribution in [0, 0.1) is 6.92 Å². The summed E-state index contributed by atoms with van der Waals surface area (Å²) in [5.41, 5.74) is 0.487. The molecule has 0 saturated heterocycles. The van der Waals surface area contributed by atoms with Gasteiger partial charge in [-0.15, -0.1) is 0 Å².